The van der Waals surface area contributed by atoms with E-state index < -0.39 is 0 Å². The molecular formula is C12H17OP. The van der Waals surface area contributed by atoms with Crippen LogP contribution in [0.5, 0.6) is 0 Å². The normalized spacial score (nSPS) is 11.1. The third-order valence-electron chi connectivity index (χ3n) is 2.24. The molecule has 1 rings (SSSR count). The van der Waals surface area contributed by atoms with E-state index in [2.05, 4.69) is 26.0 Å². The van der Waals surface area contributed by atoms with Crippen molar-refractivity contribution < 1.29 is 4.79 Å². The van der Waals surface area contributed by atoms with Crippen LogP contribution in [0.15, 0.2) is 12.1 Å². The maximum atomic E-state index is 11.8. The number of carbonyl (C=O) groups is 1. The molecule has 0 aliphatic rings. The lowest BCUT2D eigenvalue weighted by Crippen LogP contribution is -2.00. The summed E-state index contributed by atoms with van der Waals surface area (Å²) in [6.45, 7) is 8.16. The highest BCUT2D eigenvalue weighted by Gasteiger charge is 2.11. The molecule has 0 heterocycles. The quantitative estimate of drug-likeness (QED) is 0.695. The summed E-state index contributed by atoms with van der Waals surface area (Å²) in [5.41, 5.74) is 4.72. The number of hydrogen-bond donors (Lipinski definition) is 0. The van der Waals surface area contributed by atoms with Crippen LogP contribution in [0, 0.1) is 20.8 Å². The summed E-state index contributed by atoms with van der Waals surface area (Å²) < 4.78 is 0. The van der Waals surface area contributed by atoms with Crippen LogP contribution in [-0.4, -0.2) is 11.7 Å². The topological polar surface area (TPSA) is 17.1 Å². The van der Waals surface area contributed by atoms with E-state index in [4.69, 9.17) is 0 Å². The molecule has 1 aromatic carbocycles. The van der Waals surface area contributed by atoms with Gasteiger partial charge in [0.1, 0.15) is 0 Å². The fourth-order valence-electron chi connectivity index (χ4n) is 1.79. The van der Waals surface area contributed by atoms with Crippen LogP contribution < -0.4 is 0 Å². The zero-order valence-corrected chi connectivity index (χ0v) is 10.3. The van der Waals surface area contributed by atoms with E-state index in [-0.39, 0.29) is 0 Å². The average Bonchev–Trinajstić information content (AvgIpc) is 2.01. The van der Waals surface area contributed by atoms with Gasteiger partial charge in [0, 0.05) is 5.56 Å². The Kier molecular flexibility index (Phi) is 3.83. The predicted octanol–water partition coefficient (Wildman–Crippen LogP) is 3.45. The largest absolute Gasteiger partial charge is 0.289 e. The van der Waals surface area contributed by atoms with Crippen molar-refractivity contribution in [1.82, 2.24) is 0 Å². The fraction of sp³-hybridized carbons (Fsp3) is 0.417. The highest BCUT2D eigenvalue weighted by Crippen LogP contribution is 2.24. The summed E-state index contributed by atoms with van der Waals surface area (Å²) >= 11 is 0. The molecule has 2 heteroatoms. The third kappa shape index (κ3) is 2.42. The molecule has 0 aliphatic carbocycles. The number of benzene rings is 1. The molecule has 76 valence electrons. The number of rotatable bonds is 3. The first-order chi connectivity index (χ1) is 6.56. The van der Waals surface area contributed by atoms with E-state index in [1.165, 1.54) is 5.56 Å². The van der Waals surface area contributed by atoms with Crippen molar-refractivity contribution in [3.05, 3.63) is 34.4 Å². The summed E-state index contributed by atoms with van der Waals surface area (Å²) in [6.07, 6.45) is 0.950. The van der Waals surface area contributed by atoms with Crippen molar-refractivity contribution in [3.8, 4) is 0 Å². The summed E-state index contributed by atoms with van der Waals surface area (Å²) in [6, 6.07) is 4.17. The molecule has 14 heavy (non-hydrogen) atoms. The van der Waals surface area contributed by atoms with Crippen molar-refractivity contribution in [2.75, 3.05) is 6.16 Å². The van der Waals surface area contributed by atoms with Crippen LogP contribution in [0.3, 0.4) is 0 Å². The molecule has 0 spiro atoms. The number of carbonyl (C=O) groups excluding carboxylic acids is 1. The van der Waals surface area contributed by atoms with Gasteiger partial charge in [0.2, 0.25) is 0 Å². The van der Waals surface area contributed by atoms with Crippen molar-refractivity contribution in [2.24, 2.45) is 0 Å². The first-order valence-corrected chi connectivity index (χ1v) is 6.13. The molecule has 1 nitrogen and oxygen atoms in total. The van der Waals surface area contributed by atoms with Crippen LogP contribution in [0.4, 0.5) is 0 Å². The Morgan fingerprint density at radius 3 is 2.14 bits per heavy atom. The first kappa shape index (κ1) is 11.4. The lowest BCUT2D eigenvalue weighted by Gasteiger charge is -2.09. The van der Waals surface area contributed by atoms with Gasteiger partial charge in [0.05, 0.1) is 0 Å². The molecule has 1 unspecified atom stereocenters. The van der Waals surface area contributed by atoms with Gasteiger partial charge in [-0.3, -0.25) is 4.79 Å². The molecular weight excluding hydrogens is 191 g/mol. The zero-order chi connectivity index (χ0) is 10.7. The van der Waals surface area contributed by atoms with Crippen LogP contribution in [0.25, 0.3) is 0 Å². The minimum atomic E-state index is 0.308. The summed E-state index contributed by atoms with van der Waals surface area (Å²) in [7, 11) is 0.417. The van der Waals surface area contributed by atoms with E-state index >= 15 is 0 Å². The highest BCUT2D eigenvalue weighted by atomic mass is 31.1. The van der Waals surface area contributed by atoms with Crippen molar-refractivity contribution in [3.63, 3.8) is 0 Å². The smallest absolute Gasteiger partial charge is 0.181 e. The summed E-state index contributed by atoms with van der Waals surface area (Å²) in [4.78, 5) is 11.8. The Hall–Kier alpha value is -0.680. The van der Waals surface area contributed by atoms with E-state index in [0.29, 0.717) is 14.1 Å². The molecule has 0 saturated heterocycles. The number of aryl methyl sites for hydroxylation is 3. The number of hydrogen-bond acceptors (Lipinski definition) is 1. The maximum Gasteiger partial charge on any atom is 0.181 e. The van der Waals surface area contributed by atoms with E-state index in [1.54, 1.807) is 0 Å². The first-order valence-electron chi connectivity index (χ1n) is 4.92. The van der Waals surface area contributed by atoms with Gasteiger partial charge in [0.15, 0.2) is 5.52 Å². The van der Waals surface area contributed by atoms with Gasteiger partial charge < -0.3 is 0 Å². The van der Waals surface area contributed by atoms with Gasteiger partial charge in [0.25, 0.3) is 0 Å². The minimum Gasteiger partial charge on any atom is -0.289 e. The molecule has 0 amide bonds. The molecule has 0 N–H and O–H groups in total. The molecule has 0 aromatic heterocycles. The van der Waals surface area contributed by atoms with Crippen LogP contribution in [0.1, 0.15) is 34.0 Å². The van der Waals surface area contributed by atoms with E-state index in [0.717, 1.165) is 22.9 Å². The third-order valence-corrected chi connectivity index (χ3v) is 3.17. The molecule has 0 fully saturated rings. The summed E-state index contributed by atoms with van der Waals surface area (Å²) in [5, 5.41) is 0. The van der Waals surface area contributed by atoms with Gasteiger partial charge >= 0.3 is 0 Å². The Labute approximate surface area is 87.7 Å². The molecule has 1 atom stereocenters. The van der Waals surface area contributed by atoms with Crippen LogP contribution in [-0.2, 0) is 0 Å². The molecule has 0 aliphatic heterocycles. The van der Waals surface area contributed by atoms with E-state index in [1.807, 2.05) is 13.8 Å². The maximum absolute atomic E-state index is 11.8. The Morgan fingerprint density at radius 1 is 1.21 bits per heavy atom. The SMILES string of the molecule is CCPC(=O)c1c(C)cc(C)cc1C. The van der Waals surface area contributed by atoms with Gasteiger partial charge in [-0.25, -0.2) is 0 Å². The Bertz CT molecular complexity index is 332. The predicted molar refractivity (Wildman–Crippen MR) is 63.8 cm³/mol. The Morgan fingerprint density at radius 2 is 1.71 bits per heavy atom. The van der Waals surface area contributed by atoms with Gasteiger partial charge in [-0.2, -0.15) is 0 Å². The zero-order valence-electron chi connectivity index (χ0n) is 9.27. The fourth-order valence-corrected chi connectivity index (χ4v) is 2.68. The van der Waals surface area contributed by atoms with Gasteiger partial charge in [-0.15, -0.1) is 0 Å². The van der Waals surface area contributed by atoms with Gasteiger partial charge in [-0.05, 0) is 46.6 Å². The second-order valence-electron chi connectivity index (χ2n) is 3.63. The van der Waals surface area contributed by atoms with E-state index in [9.17, 15) is 4.79 Å². The second-order valence-corrected chi connectivity index (χ2v) is 5.15. The Balaban J connectivity index is 3.14. The van der Waals surface area contributed by atoms with Gasteiger partial charge in [-0.1, -0.05) is 24.6 Å². The van der Waals surface area contributed by atoms with Crippen molar-refractivity contribution in [1.29, 1.82) is 0 Å². The van der Waals surface area contributed by atoms with Crippen molar-refractivity contribution >= 4 is 14.1 Å². The minimum absolute atomic E-state index is 0.308. The standard InChI is InChI=1S/C12H17OP/c1-5-14-12(13)11-9(3)6-8(2)7-10(11)4/h6-7,14H,5H2,1-4H3. The average molecular weight is 208 g/mol. The molecule has 0 saturated carbocycles. The molecule has 0 radical (unpaired) electrons. The van der Waals surface area contributed by atoms with Crippen LogP contribution >= 0.6 is 8.58 Å². The van der Waals surface area contributed by atoms with Crippen LogP contribution in [0.2, 0.25) is 0 Å². The second kappa shape index (κ2) is 4.70. The monoisotopic (exact) mass is 208 g/mol. The molecule has 0 bridgehead atoms. The lowest BCUT2D eigenvalue weighted by molar-refractivity contribution is 0.108. The van der Waals surface area contributed by atoms with Crippen molar-refractivity contribution in [2.45, 2.75) is 27.7 Å². The molecule has 1 aromatic rings. The lowest BCUT2D eigenvalue weighted by atomic mass is 10.0. The summed E-state index contributed by atoms with van der Waals surface area (Å²) in [5.74, 6) is 0. The highest BCUT2D eigenvalue weighted by molar-refractivity contribution is 7.58.